The first-order valence-corrected chi connectivity index (χ1v) is 11.3. The summed E-state index contributed by atoms with van der Waals surface area (Å²) in [5.74, 6) is 0.162. The molecule has 152 valence electrons. The molecule has 0 aliphatic carbocycles. The Hall–Kier alpha value is -1.90. The van der Waals surface area contributed by atoms with E-state index >= 15 is 0 Å². The first-order valence-electron chi connectivity index (χ1n) is 9.01. The number of halogens is 1. The maximum absolute atomic E-state index is 12.2. The first kappa shape index (κ1) is 22.4. The number of benzene rings is 2. The molecule has 2 aromatic carbocycles. The van der Waals surface area contributed by atoms with Crippen molar-refractivity contribution in [2.45, 2.75) is 44.2 Å². The quantitative estimate of drug-likeness (QED) is 0.586. The van der Waals surface area contributed by atoms with Gasteiger partial charge >= 0.3 is 0 Å². The van der Waals surface area contributed by atoms with Gasteiger partial charge in [-0.25, -0.2) is 13.1 Å². The van der Waals surface area contributed by atoms with Gasteiger partial charge in [-0.15, -0.1) is 0 Å². The van der Waals surface area contributed by atoms with Gasteiger partial charge in [0.2, 0.25) is 10.0 Å². The highest BCUT2D eigenvalue weighted by Crippen LogP contribution is 2.18. The molecule has 0 aromatic heterocycles. The Morgan fingerprint density at radius 1 is 1.14 bits per heavy atom. The zero-order valence-corrected chi connectivity index (χ0v) is 18.5. The Bertz CT molecular complexity index is 901. The number of amides is 1. The van der Waals surface area contributed by atoms with Crippen LogP contribution in [0.2, 0.25) is 0 Å². The molecular weight excluding hydrogens is 444 g/mol. The van der Waals surface area contributed by atoms with Crippen molar-refractivity contribution in [3.63, 3.8) is 0 Å². The molecule has 1 amide bonds. The molecule has 0 heterocycles. The van der Waals surface area contributed by atoms with Crippen molar-refractivity contribution < 1.29 is 17.9 Å². The predicted octanol–water partition coefficient (Wildman–Crippen LogP) is 3.78. The van der Waals surface area contributed by atoms with Crippen molar-refractivity contribution in [2.75, 3.05) is 6.61 Å². The van der Waals surface area contributed by atoms with Crippen LogP contribution in [0.1, 0.15) is 38.8 Å². The van der Waals surface area contributed by atoms with Crippen LogP contribution in [0.3, 0.4) is 0 Å². The lowest BCUT2D eigenvalue weighted by molar-refractivity contribution is -0.123. The van der Waals surface area contributed by atoms with Crippen LogP contribution in [0, 0.1) is 0 Å². The van der Waals surface area contributed by atoms with E-state index in [1.807, 2.05) is 45.0 Å². The van der Waals surface area contributed by atoms with Crippen LogP contribution < -0.4 is 14.8 Å². The summed E-state index contributed by atoms with van der Waals surface area (Å²) >= 11 is 3.41. The normalized spacial score (nSPS) is 13.6. The number of hydrogen-bond donors (Lipinski definition) is 2. The zero-order chi connectivity index (χ0) is 20.7. The Morgan fingerprint density at radius 2 is 1.82 bits per heavy atom. The minimum Gasteiger partial charge on any atom is -0.484 e. The van der Waals surface area contributed by atoms with E-state index in [-0.39, 0.29) is 29.5 Å². The number of carbonyl (C=O) groups excluding carboxylic acids is 1. The highest BCUT2D eigenvalue weighted by Gasteiger charge is 2.16. The van der Waals surface area contributed by atoms with Gasteiger partial charge in [0.15, 0.2) is 6.61 Å². The van der Waals surface area contributed by atoms with E-state index < -0.39 is 10.0 Å². The smallest absolute Gasteiger partial charge is 0.258 e. The molecule has 0 saturated heterocycles. The molecule has 2 aromatic rings. The molecule has 0 aliphatic rings. The van der Waals surface area contributed by atoms with Crippen molar-refractivity contribution in [3.8, 4) is 5.75 Å². The molecule has 2 unspecified atom stereocenters. The van der Waals surface area contributed by atoms with Gasteiger partial charge in [-0.05, 0) is 62.2 Å². The summed E-state index contributed by atoms with van der Waals surface area (Å²) in [5.41, 5.74) is 0.978. The van der Waals surface area contributed by atoms with E-state index in [0.717, 1.165) is 10.0 Å². The minimum absolute atomic E-state index is 0.142. The van der Waals surface area contributed by atoms with Gasteiger partial charge < -0.3 is 10.1 Å². The number of ether oxygens (including phenoxy) is 1. The average Bonchev–Trinajstić information content (AvgIpc) is 2.66. The first-order chi connectivity index (χ1) is 13.2. The van der Waals surface area contributed by atoms with Crippen molar-refractivity contribution in [1.82, 2.24) is 10.0 Å². The molecular formula is C20H25BrN2O4S. The van der Waals surface area contributed by atoms with Gasteiger partial charge in [-0.2, -0.15) is 0 Å². The van der Waals surface area contributed by atoms with E-state index in [0.29, 0.717) is 12.2 Å². The van der Waals surface area contributed by atoms with Crippen LogP contribution in [0.4, 0.5) is 0 Å². The summed E-state index contributed by atoms with van der Waals surface area (Å²) in [7, 11) is -3.56. The largest absolute Gasteiger partial charge is 0.484 e. The molecule has 0 aliphatic heterocycles. The van der Waals surface area contributed by atoms with E-state index in [4.69, 9.17) is 4.74 Å². The summed E-state index contributed by atoms with van der Waals surface area (Å²) in [6.45, 7) is 5.45. The van der Waals surface area contributed by atoms with Crippen LogP contribution >= 0.6 is 15.9 Å². The maximum atomic E-state index is 12.2. The average molecular weight is 469 g/mol. The van der Waals surface area contributed by atoms with E-state index in [1.54, 1.807) is 0 Å². The molecule has 2 atom stereocenters. The Morgan fingerprint density at radius 3 is 2.43 bits per heavy atom. The van der Waals surface area contributed by atoms with Crippen LogP contribution in [-0.4, -0.2) is 27.0 Å². The summed E-state index contributed by atoms with van der Waals surface area (Å²) in [5, 5.41) is 2.87. The Labute approximate surface area is 174 Å². The summed E-state index contributed by atoms with van der Waals surface area (Å²) in [4.78, 5) is 12.3. The van der Waals surface area contributed by atoms with Gasteiger partial charge in [0, 0.05) is 10.5 Å². The molecule has 8 heteroatoms. The van der Waals surface area contributed by atoms with Crippen LogP contribution in [0.5, 0.6) is 5.75 Å². The van der Waals surface area contributed by atoms with Gasteiger partial charge in [-0.1, -0.05) is 35.0 Å². The highest BCUT2D eigenvalue weighted by molar-refractivity contribution is 9.10. The lowest BCUT2D eigenvalue weighted by Crippen LogP contribution is -2.32. The lowest BCUT2D eigenvalue weighted by atomic mass is 10.1. The van der Waals surface area contributed by atoms with Crippen molar-refractivity contribution in [1.29, 1.82) is 0 Å². The van der Waals surface area contributed by atoms with Crippen LogP contribution in [-0.2, 0) is 14.8 Å². The molecule has 0 saturated carbocycles. The highest BCUT2D eigenvalue weighted by atomic mass is 79.9. The van der Waals surface area contributed by atoms with Gasteiger partial charge in [0.25, 0.3) is 5.91 Å². The standard InChI is InChI=1S/C20H25BrN2O4S/c1-4-14(2)23-28(25,26)19-10-8-18(9-11-19)27-13-20(24)22-15(3)16-6-5-7-17(21)12-16/h5-12,14-15,23H,4,13H2,1-3H3,(H,22,24). The summed E-state index contributed by atoms with van der Waals surface area (Å²) in [6.07, 6.45) is 0.702. The number of hydrogen-bond acceptors (Lipinski definition) is 4. The minimum atomic E-state index is -3.56. The van der Waals surface area contributed by atoms with Crippen molar-refractivity contribution >= 4 is 31.9 Å². The molecule has 0 bridgehead atoms. The van der Waals surface area contributed by atoms with Gasteiger partial charge in [0.1, 0.15) is 5.75 Å². The third-order valence-corrected chi connectivity index (χ3v) is 6.30. The zero-order valence-electron chi connectivity index (χ0n) is 16.1. The van der Waals surface area contributed by atoms with Crippen LogP contribution in [0.25, 0.3) is 0 Å². The van der Waals surface area contributed by atoms with E-state index in [2.05, 4.69) is 26.0 Å². The van der Waals surface area contributed by atoms with Crippen LogP contribution in [0.15, 0.2) is 57.9 Å². The number of carbonyl (C=O) groups is 1. The fourth-order valence-electron chi connectivity index (χ4n) is 2.42. The predicted molar refractivity (Wildman–Crippen MR) is 113 cm³/mol. The molecule has 6 nitrogen and oxygen atoms in total. The summed E-state index contributed by atoms with van der Waals surface area (Å²) in [6, 6.07) is 13.4. The second kappa shape index (κ2) is 10.0. The van der Waals surface area contributed by atoms with E-state index in [9.17, 15) is 13.2 Å². The van der Waals surface area contributed by atoms with E-state index in [1.165, 1.54) is 24.3 Å². The topological polar surface area (TPSA) is 84.5 Å². The third kappa shape index (κ3) is 6.61. The van der Waals surface area contributed by atoms with Crippen molar-refractivity contribution in [2.24, 2.45) is 0 Å². The second-order valence-corrected chi connectivity index (χ2v) is 9.16. The maximum Gasteiger partial charge on any atom is 0.258 e. The van der Waals surface area contributed by atoms with Crippen molar-refractivity contribution in [3.05, 3.63) is 58.6 Å². The lowest BCUT2D eigenvalue weighted by Gasteiger charge is -2.15. The fraction of sp³-hybridized carbons (Fsp3) is 0.350. The summed E-state index contributed by atoms with van der Waals surface area (Å²) < 4.78 is 33.5. The molecule has 0 spiro atoms. The molecule has 0 radical (unpaired) electrons. The Kier molecular flexibility index (Phi) is 8.03. The monoisotopic (exact) mass is 468 g/mol. The molecule has 0 fully saturated rings. The van der Waals surface area contributed by atoms with Gasteiger partial charge in [0.05, 0.1) is 10.9 Å². The molecule has 28 heavy (non-hydrogen) atoms. The fourth-order valence-corrected chi connectivity index (χ4v) is 4.17. The Balaban J connectivity index is 1.89. The van der Waals surface area contributed by atoms with Gasteiger partial charge in [-0.3, -0.25) is 4.79 Å². The second-order valence-electron chi connectivity index (χ2n) is 6.53. The molecule has 2 N–H and O–H groups in total. The molecule has 2 rings (SSSR count). The number of rotatable bonds is 9. The number of sulfonamides is 1. The third-order valence-electron chi connectivity index (χ3n) is 4.20. The SMILES string of the molecule is CCC(C)NS(=O)(=O)c1ccc(OCC(=O)NC(C)c2cccc(Br)c2)cc1. The number of nitrogens with one attached hydrogen (secondary N) is 2.